The lowest BCUT2D eigenvalue weighted by Gasteiger charge is -2.29. The highest BCUT2D eigenvalue weighted by Gasteiger charge is 2.57. The van der Waals surface area contributed by atoms with E-state index in [1.807, 2.05) is 18.2 Å². The van der Waals surface area contributed by atoms with Crippen molar-refractivity contribution in [2.75, 3.05) is 6.61 Å². The van der Waals surface area contributed by atoms with Crippen LogP contribution < -0.4 is 0 Å². The van der Waals surface area contributed by atoms with E-state index in [-0.39, 0.29) is 17.5 Å². The number of carbonyl (C=O) groups excluding carboxylic acids is 3. The number of pyridine rings is 1. The second kappa shape index (κ2) is 7.65. The van der Waals surface area contributed by atoms with Crippen LogP contribution in [0, 0.1) is 5.92 Å². The van der Waals surface area contributed by atoms with Gasteiger partial charge in [-0.3, -0.25) is 9.69 Å². The standard InChI is InChI=1S/C22H23BrN2O5/c1-22(2,3)30-21(28)25-17-9-13(17)10-18(25)20(27)29-11-19(26)16-6-4-12-8-14(23)5-7-15(12)24-16/h4-8,13,17-18H,9-11H2,1-3H3/t13-,17-,18+/m1/s1. The number of amides is 1. The van der Waals surface area contributed by atoms with Crippen LogP contribution in [0.2, 0.25) is 0 Å². The first-order valence-electron chi connectivity index (χ1n) is 9.90. The molecule has 2 aliphatic rings. The number of piperidine rings is 1. The van der Waals surface area contributed by atoms with E-state index in [4.69, 9.17) is 9.47 Å². The topological polar surface area (TPSA) is 85.8 Å². The van der Waals surface area contributed by atoms with Crippen molar-refractivity contribution in [2.45, 2.75) is 51.3 Å². The van der Waals surface area contributed by atoms with Gasteiger partial charge in [0.15, 0.2) is 6.61 Å². The largest absolute Gasteiger partial charge is 0.456 e. The number of hydrogen-bond acceptors (Lipinski definition) is 6. The van der Waals surface area contributed by atoms with Crippen LogP contribution in [0.4, 0.5) is 4.79 Å². The van der Waals surface area contributed by atoms with Crippen molar-refractivity contribution in [1.82, 2.24) is 9.88 Å². The zero-order chi connectivity index (χ0) is 21.6. The molecule has 2 aromatic rings. The molecule has 1 saturated heterocycles. The van der Waals surface area contributed by atoms with Gasteiger partial charge in [0, 0.05) is 15.9 Å². The highest BCUT2D eigenvalue weighted by Crippen LogP contribution is 2.48. The summed E-state index contributed by atoms with van der Waals surface area (Å²) in [5.41, 5.74) is 0.268. The van der Waals surface area contributed by atoms with Crippen molar-refractivity contribution in [1.29, 1.82) is 0 Å². The number of hydrogen-bond donors (Lipinski definition) is 0. The first-order chi connectivity index (χ1) is 14.1. The average molecular weight is 475 g/mol. The van der Waals surface area contributed by atoms with Gasteiger partial charge in [0.25, 0.3) is 0 Å². The first-order valence-corrected chi connectivity index (χ1v) is 10.7. The van der Waals surface area contributed by atoms with Gasteiger partial charge in [-0.05, 0) is 63.8 Å². The zero-order valence-corrected chi connectivity index (χ0v) is 18.6. The minimum atomic E-state index is -0.710. The lowest BCUT2D eigenvalue weighted by molar-refractivity contribution is -0.148. The fourth-order valence-electron chi connectivity index (χ4n) is 3.80. The molecular weight excluding hydrogens is 452 g/mol. The van der Waals surface area contributed by atoms with Gasteiger partial charge in [-0.15, -0.1) is 0 Å². The van der Waals surface area contributed by atoms with Crippen LogP contribution in [0.25, 0.3) is 10.9 Å². The number of rotatable bonds is 4. The molecule has 1 amide bonds. The molecular formula is C22H23BrN2O5. The summed E-state index contributed by atoms with van der Waals surface area (Å²) in [6, 6.07) is 8.30. The van der Waals surface area contributed by atoms with Crippen molar-refractivity contribution in [2.24, 2.45) is 5.92 Å². The Morgan fingerprint density at radius 2 is 1.93 bits per heavy atom. The molecule has 30 heavy (non-hydrogen) atoms. The quantitative estimate of drug-likeness (QED) is 0.489. The third-order valence-corrected chi connectivity index (χ3v) is 5.76. The molecule has 0 N–H and O–H groups in total. The van der Waals surface area contributed by atoms with Crippen molar-refractivity contribution >= 4 is 44.7 Å². The third-order valence-electron chi connectivity index (χ3n) is 5.26. The van der Waals surface area contributed by atoms with Gasteiger partial charge < -0.3 is 9.47 Å². The summed E-state index contributed by atoms with van der Waals surface area (Å²) in [4.78, 5) is 43.5. The van der Waals surface area contributed by atoms with E-state index in [0.717, 1.165) is 16.3 Å². The number of aromatic nitrogens is 1. The van der Waals surface area contributed by atoms with Crippen LogP contribution in [0.3, 0.4) is 0 Å². The molecule has 0 bridgehead atoms. The number of nitrogens with zero attached hydrogens (tertiary/aromatic N) is 2. The molecule has 1 aliphatic heterocycles. The van der Waals surface area contributed by atoms with Gasteiger partial charge >= 0.3 is 12.1 Å². The number of esters is 1. The van der Waals surface area contributed by atoms with Crippen LogP contribution in [-0.4, -0.2) is 52.0 Å². The highest BCUT2D eigenvalue weighted by atomic mass is 79.9. The normalized spacial score (nSPS) is 22.5. The predicted octanol–water partition coefficient (Wildman–Crippen LogP) is 4.12. The summed E-state index contributed by atoms with van der Waals surface area (Å²) < 4.78 is 11.6. The summed E-state index contributed by atoms with van der Waals surface area (Å²) >= 11 is 3.40. The van der Waals surface area contributed by atoms with Crippen molar-refractivity contribution in [3.8, 4) is 0 Å². The zero-order valence-electron chi connectivity index (χ0n) is 17.1. The van der Waals surface area contributed by atoms with E-state index in [2.05, 4.69) is 20.9 Å². The number of Topliss-reactive ketones (excluding diaryl/α,β-unsaturated/α-hetero) is 1. The maximum absolute atomic E-state index is 12.6. The predicted molar refractivity (Wildman–Crippen MR) is 113 cm³/mol. The molecule has 7 nitrogen and oxygen atoms in total. The molecule has 3 atom stereocenters. The maximum Gasteiger partial charge on any atom is 0.411 e. The third kappa shape index (κ3) is 4.33. The monoisotopic (exact) mass is 474 g/mol. The molecule has 2 fully saturated rings. The molecule has 1 aliphatic carbocycles. The van der Waals surface area contributed by atoms with Crippen LogP contribution in [-0.2, 0) is 14.3 Å². The molecule has 158 valence electrons. The Labute approximate surface area is 182 Å². The van der Waals surface area contributed by atoms with Gasteiger partial charge in [0.05, 0.1) is 5.52 Å². The van der Waals surface area contributed by atoms with E-state index < -0.39 is 30.3 Å². The number of benzene rings is 1. The average Bonchev–Trinajstić information content (AvgIpc) is 3.33. The van der Waals surface area contributed by atoms with Crippen LogP contribution in [0.15, 0.2) is 34.8 Å². The minimum absolute atomic E-state index is 0.0228. The summed E-state index contributed by atoms with van der Waals surface area (Å²) in [6.45, 7) is 4.94. The van der Waals surface area contributed by atoms with Gasteiger partial charge in [-0.1, -0.05) is 22.0 Å². The van der Waals surface area contributed by atoms with Gasteiger partial charge in [-0.2, -0.15) is 0 Å². The minimum Gasteiger partial charge on any atom is -0.456 e. The molecule has 0 radical (unpaired) electrons. The number of halogens is 1. The molecule has 1 aromatic carbocycles. The van der Waals surface area contributed by atoms with E-state index in [1.54, 1.807) is 32.9 Å². The molecule has 2 heterocycles. The number of ketones is 1. The Morgan fingerprint density at radius 1 is 1.17 bits per heavy atom. The second-order valence-electron chi connectivity index (χ2n) is 8.77. The Balaban J connectivity index is 1.39. The van der Waals surface area contributed by atoms with E-state index in [0.29, 0.717) is 17.9 Å². The van der Waals surface area contributed by atoms with Crippen LogP contribution in [0.5, 0.6) is 0 Å². The Bertz CT molecular complexity index is 1030. The summed E-state index contributed by atoms with van der Waals surface area (Å²) in [6.07, 6.45) is 0.905. The number of likely N-dealkylation sites (tertiary alicyclic amines) is 1. The van der Waals surface area contributed by atoms with Crippen LogP contribution >= 0.6 is 15.9 Å². The Hall–Kier alpha value is -2.48. The molecule has 1 aromatic heterocycles. The van der Waals surface area contributed by atoms with E-state index in [9.17, 15) is 14.4 Å². The summed E-state index contributed by atoms with van der Waals surface area (Å²) in [5.74, 6) is -0.668. The summed E-state index contributed by atoms with van der Waals surface area (Å²) in [5, 5.41) is 0.899. The second-order valence-corrected chi connectivity index (χ2v) is 9.68. The van der Waals surface area contributed by atoms with Gasteiger partial charge in [-0.25, -0.2) is 14.6 Å². The van der Waals surface area contributed by atoms with E-state index >= 15 is 0 Å². The summed E-state index contributed by atoms with van der Waals surface area (Å²) in [7, 11) is 0. The highest BCUT2D eigenvalue weighted by molar-refractivity contribution is 9.10. The van der Waals surface area contributed by atoms with Crippen molar-refractivity contribution < 1.29 is 23.9 Å². The number of fused-ring (bicyclic) bond motifs is 2. The van der Waals surface area contributed by atoms with Gasteiger partial charge in [0.1, 0.15) is 17.3 Å². The lowest BCUT2D eigenvalue weighted by atomic mass is 10.1. The fourth-order valence-corrected chi connectivity index (χ4v) is 4.18. The smallest absolute Gasteiger partial charge is 0.411 e. The Morgan fingerprint density at radius 3 is 2.67 bits per heavy atom. The fraction of sp³-hybridized carbons (Fsp3) is 0.455. The number of ether oxygens (including phenoxy) is 2. The SMILES string of the molecule is CC(C)(C)OC(=O)N1[C@@H]2C[C@@H]2C[C@H]1C(=O)OCC(=O)c1ccc2cc(Br)ccc2n1. The Kier molecular flexibility index (Phi) is 5.30. The molecule has 0 spiro atoms. The van der Waals surface area contributed by atoms with Crippen LogP contribution in [0.1, 0.15) is 44.1 Å². The molecule has 8 heteroatoms. The first kappa shape index (κ1) is 20.8. The van der Waals surface area contributed by atoms with Crippen molar-refractivity contribution in [3.63, 3.8) is 0 Å². The molecule has 1 saturated carbocycles. The number of carbonyl (C=O) groups is 3. The lowest BCUT2D eigenvalue weighted by Crippen LogP contribution is -2.46. The molecule has 0 unspecified atom stereocenters. The van der Waals surface area contributed by atoms with Crippen molar-refractivity contribution in [3.05, 3.63) is 40.5 Å². The van der Waals surface area contributed by atoms with Gasteiger partial charge in [0.2, 0.25) is 5.78 Å². The maximum atomic E-state index is 12.6. The van der Waals surface area contributed by atoms with E-state index in [1.165, 1.54) is 4.90 Å². The molecule has 4 rings (SSSR count).